The van der Waals surface area contributed by atoms with Crippen LogP contribution in [-0.4, -0.2) is 28.7 Å². The number of aromatic nitrogens is 6. The van der Waals surface area contributed by atoms with Crippen LogP contribution in [0, 0.1) is 0 Å². The molecule has 0 saturated heterocycles. The van der Waals surface area contributed by atoms with E-state index in [9.17, 15) is 0 Å². The highest BCUT2D eigenvalue weighted by atomic mass is 15.0. The molecule has 0 bridgehead atoms. The maximum atomic E-state index is 5.64. The Morgan fingerprint density at radius 2 is 0.482 bits per heavy atom. The first kappa shape index (κ1) is 64.8. The van der Waals surface area contributed by atoms with Crippen molar-refractivity contribution in [1.29, 1.82) is 0 Å². The predicted octanol–water partition coefficient (Wildman–Crippen LogP) is 27.1. The molecule has 0 atom stereocenters. The molecule has 0 N–H and O–H groups in total. The normalized spacial score (nSPS) is 11.5. The van der Waals surface area contributed by atoms with Gasteiger partial charge in [0.05, 0.1) is 45.2 Å². The van der Waals surface area contributed by atoms with Gasteiger partial charge in [0.1, 0.15) is 11.3 Å². The van der Waals surface area contributed by atoms with Crippen molar-refractivity contribution in [1.82, 2.24) is 28.7 Å². The van der Waals surface area contributed by atoms with E-state index < -0.39 is 0 Å². The van der Waals surface area contributed by atoms with E-state index in [0.29, 0.717) is 0 Å². The van der Waals surface area contributed by atoms with E-state index in [4.69, 9.17) is 19.9 Å². The van der Waals surface area contributed by atoms with Gasteiger partial charge in [0.25, 0.3) is 0 Å². The summed E-state index contributed by atoms with van der Waals surface area (Å²) in [5.41, 5.74) is 35.7. The lowest BCUT2D eigenvalue weighted by Crippen LogP contribution is -1.94. The van der Waals surface area contributed by atoms with Gasteiger partial charge in [0.2, 0.25) is 0 Å². The Kier molecular flexibility index (Phi) is 16.5. The maximum Gasteiger partial charge on any atom is 0.137 e. The Morgan fingerprint density at radius 3 is 0.927 bits per heavy atom. The smallest absolute Gasteiger partial charge is 0.137 e. The molecule has 0 unspecified atom stereocenters. The average molecular weight is 1400 g/mol. The first-order chi connectivity index (χ1) is 54.5. The van der Waals surface area contributed by atoms with Crippen LogP contribution in [0.4, 0.5) is 0 Å². The third-order valence-corrected chi connectivity index (χ3v) is 21.3. The van der Waals surface area contributed by atoms with E-state index in [1.807, 2.05) is 12.1 Å². The number of rotatable bonds is 15. The van der Waals surface area contributed by atoms with Crippen LogP contribution in [0.25, 0.3) is 201 Å². The molecule has 0 aliphatic heterocycles. The standard InChI is InChI=1S/C104H68N6/c1-8-25-69(26-9-1)85-58-86(70-27-10-2-11-28-70)61-89(60-85)97-66-91(75-33-16-5-17-34-75)93-64-81(50-53-95(93)105-97)82-51-54-96-94(65-82)92(67-98(106-96)90-62-87(71-29-12-3-13-30-71)59-88(63-90)72-31-14-4-15-32-72)83-40-24-39-80(57-83)84-52-55-100-108-102(77-37-20-7-21-38-77)104(110(100)68-84)79-48-44-74(45-49-79)73-42-46-78(47-43-73)103-101(76-35-18-6-19-36-76)107-99-41-22-23-56-109(99)103/h1-68H. The van der Waals surface area contributed by atoms with Crippen molar-refractivity contribution < 1.29 is 0 Å². The minimum Gasteiger partial charge on any atom is -0.299 e. The molecule has 0 aliphatic rings. The molecule has 0 saturated carbocycles. The lowest BCUT2D eigenvalue weighted by molar-refractivity contribution is 1.19. The fourth-order valence-corrected chi connectivity index (χ4v) is 15.8. The molecule has 0 radical (unpaired) electrons. The van der Waals surface area contributed by atoms with E-state index in [0.717, 1.165) is 201 Å². The van der Waals surface area contributed by atoms with Crippen LogP contribution >= 0.6 is 0 Å². The van der Waals surface area contributed by atoms with Gasteiger partial charge >= 0.3 is 0 Å². The van der Waals surface area contributed by atoms with E-state index in [-0.39, 0.29) is 0 Å². The van der Waals surface area contributed by atoms with Gasteiger partial charge in [-0.15, -0.1) is 0 Å². The Labute approximate surface area is 638 Å². The van der Waals surface area contributed by atoms with Crippen LogP contribution < -0.4 is 0 Å². The van der Waals surface area contributed by atoms with Crippen molar-refractivity contribution in [3.05, 3.63) is 413 Å². The van der Waals surface area contributed by atoms with Gasteiger partial charge in [-0.05, 0) is 203 Å². The lowest BCUT2D eigenvalue weighted by Gasteiger charge is -2.16. The molecule has 6 heterocycles. The molecule has 20 aromatic rings. The van der Waals surface area contributed by atoms with E-state index in [2.05, 4.69) is 409 Å². The molecule has 0 aliphatic carbocycles. The summed E-state index contributed by atoms with van der Waals surface area (Å²) >= 11 is 0. The van der Waals surface area contributed by atoms with Gasteiger partial charge in [-0.25, -0.2) is 19.9 Å². The van der Waals surface area contributed by atoms with Gasteiger partial charge in [-0.3, -0.25) is 8.80 Å². The molecule has 0 spiro atoms. The van der Waals surface area contributed by atoms with Crippen molar-refractivity contribution in [3.63, 3.8) is 0 Å². The number of imidazole rings is 2. The quantitative estimate of drug-likeness (QED) is 0.103. The second-order valence-corrected chi connectivity index (χ2v) is 28.2. The van der Waals surface area contributed by atoms with Crippen LogP contribution in [0.3, 0.4) is 0 Å². The Bertz CT molecular complexity index is 6700. The monoisotopic (exact) mass is 1400 g/mol. The summed E-state index contributed by atoms with van der Waals surface area (Å²) in [4.78, 5) is 21.7. The molecule has 0 fully saturated rings. The Morgan fingerprint density at radius 1 is 0.173 bits per heavy atom. The molecular weight excluding hydrogens is 1330 g/mol. The third kappa shape index (κ3) is 12.4. The van der Waals surface area contributed by atoms with E-state index >= 15 is 0 Å². The molecule has 110 heavy (non-hydrogen) atoms. The number of hydrogen-bond donors (Lipinski definition) is 0. The fraction of sp³-hybridized carbons (Fsp3) is 0. The Balaban J connectivity index is 0.706. The minimum atomic E-state index is 0.859. The SMILES string of the molecule is c1ccc(-c2cc(-c3ccccc3)cc(-c3cc(-c4ccccc4)c4cc(-c5ccc6nc(-c7cc(-c8ccccc8)cc(-c8ccccc8)c7)cc(-c7cccc(-c8ccc9nc(-c%10ccccc%10)c(-c%10ccc(-c%11ccc(-c%12c(-c%13ccccc%13)nc%13ccccn%12%13)cc%11)cc%10)n9c8)c7)c6c5)ccc4n3)c2)cc1. The zero-order valence-corrected chi connectivity index (χ0v) is 59.9. The van der Waals surface area contributed by atoms with Gasteiger partial charge in [-0.1, -0.05) is 297 Å². The second kappa shape index (κ2) is 28.0. The number of fused-ring (bicyclic) bond motifs is 4. The molecule has 0 amide bonds. The van der Waals surface area contributed by atoms with Crippen molar-refractivity contribution in [2.75, 3.05) is 0 Å². The second-order valence-electron chi connectivity index (χ2n) is 28.2. The van der Waals surface area contributed by atoms with Crippen molar-refractivity contribution in [2.24, 2.45) is 0 Å². The van der Waals surface area contributed by atoms with Crippen molar-refractivity contribution in [2.45, 2.75) is 0 Å². The summed E-state index contributed by atoms with van der Waals surface area (Å²) in [7, 11) is 0. The Hall–Kier alpha value is -14.7. The predicted molar refractivity (Wildman–Crippen MR) is 456 cm³/mol. The van der Waals surface area contributed by atoms with Gasteiger partial charge < -0.3 is 0 Å². The largest absolute Gasteiger partial charge is 0.299 e. The number of pyridine rings is 4. The minimum absolute atomic E-state index is 0.859. The lowest BCUT2D eigenvalue weighted by atomic mass is 9.91. The highest BCUT2D eigenvalue weighted by molar-refractivity contribution is 6.03. The molecular formula is C104H68N6. The summed E-state index contributed by atoms with van der Waals surface area (Å²) in [5, 5.41) is 2.11. The van der Waals surface area contributed by atoms with Crippen LogP contribution in [0.5, 0.6) is 0 Å². The zero-order valence-electron chi connectivity index (χ0n) is 59.9. The third-order valence-electron chi connectivity index (χ3n) is 21.3. The number of benzene rings is 14. The number of nitrogens with zero attached hydrogens (tertiary/aromatic N) is 6. The maximum absolute atomic E-state index is 5.64. The fourth-order valence-electron chi connectivity index (χ4n) is 15.8. The summed E-state index contributed by atoms with van der Waals surface area (Å²) in [6.07, 6.45) is 4.36. The van der Waals surface area contributed by atoms with Crippen LogP contribution in [-0.2, 0) is 0 Å². The summed E-state index contributed by atoms with van der Waals surface area (Å²) in [5.74, 6) is 0. The summed E-state index contributed by atoms with van der Waals surface area (Å²) < 4.78 is 4.46. The molecule has 14 aromatic carbocycles. The molecule has 6 aromatic heterocycles. The summed E-state index contributed by atoms with van der Waals surface area (Å²) in [6, 6.07) is 144. The van der Waals surface area contributed by atoms with Crippen LogP contribution in [0.1, 0.15) is 0 Å². The van der Waals surface area contributed by atoms with Gasteiger partial charge in [-0.2, -0.15) is 0 Å². The first-order valence-electron chi connectivity index (χ1n) is 37.4. The van der Waals surface area contributed by atoms with Crippen molar-refractivity contribution in [3.8, 4) is 168 Å². The summed E-state index contributed by atoms with van der Waals surface area (Å²) in [6.45, 7) is 0. The van der Waals surface area contributed by atoms with E-state index in [1.54, 1.807) is 0 Å². The molecule has 6 heteroatoms. The van der Waals surface area contributed by atoms with Crippen molar-refractivity contribution >= 4 is 33.1 Å². The molecule has 6 nitrogen and oxygen atoms in total. The van der Waals surface area contributed by atoms with Crippen LogP contribution in [0.15, 0.2) is 413 Å². The molecule has 20 rings (SSSR count). The van der Waals surface area contributed by atoms with Crippen LogP contribution in [0.2, 0.25) is 0 Å². The number of hydrogen-bond acceptors (Lipinski definition) is 4. The zero-order chi connectivity index (χ0) is 72.9. The average Bonchev–Trinajstić information content (AvgIpc) is 1.73. The van der Waals surface area contributed by atoms with Gasteiger partial charge in [0.15, 0.2) is 0 Å². The first-order valence-corrected chi connectivity index (χ1v) is 37.4. The molecule has 514 valence electrons. The van der Waals surface area contributed by atoms with Gasteiger partial charge in [0, 0.05) is 56.5 Å². The highest BCUT2D eigenvalue weighted by Crippen LogP contribution is 2.44. The highest BCUT2D eigenvalue weighted by Gasteiger charge is 2.22. The van der Waals surface area contributed by atoms with E-state index in [1.165, 1.54) is 0 Å². The topological polar surface area (TPSA) is 60.4 Å².